The summed E-state index contributed by atoms with van der Waals surface area (Å²) in [4.78, 5) is 11.4. The molecule has 1 heteroatoms. The number of hydrogen-bond acceptors (Lipinski definition) is 1. The molecular formula is C12H16O. The van der Waals surface area contributed by atoms with E-state index in [9.17, 15) is 4.79 Å². The predicted octanol–water partition coefficient (Wildman–Crippen LogP) is 3.02. The molecule has 2 aliphatic rings. The van der Waals surface area contributed by atoms with Crippen LogP contribution in [-0.4, -0.2) is 5.78 Å². The lowest BCUT2D eigenvalue weighted by Crippen LogP contribution is -2.19. The Morgan fingerprint density at radius 2 is 2.31 bits per heavy atom. The number of hydrogen-bond donors (Lipinski definition) is 0. The topological polar surface area (TPSA) is 17.1 Å². The molecule has 1 nitrogen and oxygen atoms in total. The summed E-state index contributed by atoms with van der Waals surface area (Å²) in [5.74, 6) is 0.422. The number of ketones is 1. The summed E-state index contributed by atoms with van der Waals surface area (Å²) >= 11 is 0. The SMILES string of the molecule is CC12CC=CC=C1CC(=O)CCC2. The molecule has 0 aromatic carbocycles. The van der Waals surface area contributed by atoms with E-state index in [0.29, 0.717) is 17.6 Å². The van der Waals surface area contributed by atoms with Crippen LogP contribution in [0.3, 0.4) is 0 Å². The van der Waals surface area contributed by atoms with Crippen LogP contribution in [0.25, 0.3) is 0 Å². The van der Waals surface area contributed by atoms with Crippen molar-refractivity contribution in [2.75, 3.05) is 0 Å². The van der Waals surface area contributed by atoms with E-state index in [4.69, 9.17) is 0 Å². The Kier molecular flexibility index (Phi) is 2.10. The number of allylic oxidation sites excluding steroid dienone is 4. The maximum absolute atomic E-state index is 11.4. The molecular weight excluding hydrogens is 160 g/mol. The Morgan fingerprint density at radius 1 is 1.46 bits per heavy atom. The first kappa shape index (κ1) is 8.74. The average molecular weight is 176 g/mol. The zero-order valence-corrected chi connectivity index (χ0v) is 8.18. The van der Waals surface area contributed by atoms with Gasteiger partial charge in [-0.1, -0.05) is 30.7 Å². The van der Waals surface area contributed by atoms with Gasteiger partial charge in [-0.2, -0.15) is 0 Å². The van der Waals surface area contributed by atoms with Gasteiger partial charge in [0.25, 0.3) is 0 Å². The lowest BCUT2D eigenvalue weighted by molar-refractivity contribution is -0.118. The number of fused-ring (bicyclic) bond motifs is 1. The second-order valence-corrected chi connectivity index (χ2v) is 4.45. The molecule has 1 atom stereocenters. The van der Waals surface area contributed by atoms with Crippen molar-refractivity contribution < 1.29 is 4.79 Å². The van der Waals surface area contributed by atoms with Crippen LogP contribution in [0.2, 0.25) is 0 Å². The normalized spacial score (nSPS) is 33.6. The summed E-state index contributed by atoms with van der Waals surface area (Å²) in [6.07, 6.45) is 11.3. The molecule has 0 aliphatic heterocycles. The van der Waals surface area contributed by atoms with Crippen molar-refractivity contribution in [2.45, 2.75) is 39.0 Å². The smallest absolute Gasteiger partial charge is 0.136 e. The van der Waals surface area contributed by atoms with Crippen LogP contribution in [-0.2, 0) is 4.79 Å². The Bertz CT molecular complexity index is 285. The molecule has 2 aliphatic carbocycles. The van der Waals surface area contributed by atoms with Crippen LogP contribution in [0.1, 0.15) is 39.0 Å². The first-order chi connectivity index (χ1) is 6.21. The lowest BCUT2D eigenvalue weighted by Gasteiger charge is -2.31. The fourth-order valence-electron chi connectivity index (χ4n) is 2.36. The summed E-state index contributed by atoms with van der Waals surface area (Å²) in [6, 6.07) is 0. The Hall–Kier alpha value is -0.850. The molecule has 1 saturated carbocycles. The highest BCUT2D eigenvalue weighted by Gasteiger charge is 2.32. The number of carbonyl (C=O) groups is 1. The van der Waals surface area contributed by atoms with Crippen molar-refractivity contribution >= 4 is 5.78 Å². The highest BCUT2D eigenvalue weighted by atomic mass is 16.1. The molecule has 0 saturated heterocycles. The van der Waals surface area contributed by atoms with Crippen molar-refractivity contribution in [3.05, 3.63) is 23.8 Å². The number of rotatable bonds is 0. The summed E-state index contributed by atoms with van der Waals surface area (Å²) in [5, 5.41) is 0. The molecule has 70 valence electrons. The van der Waals surface area contributed by atoms with Crippen molar-refractivity contribution in [1.29, 1.82) is 0 Å². The molecule has 0 heterocycles. The minimum absolute atomic E-state index is 0.293. The monoisotopic (exact) mass is 176 g/mol. The molecule has 0 amide bonds. The van der Waals surface area contributed by atoms with Gasteiger partial charge < -0.3 is 0 Å². The maximum atomic E-state index is 11.4. The van der Waals surface area contributed by atoms with Crippen LogP contribution < -0.4 is 0 Å². The molecule has 0 N–H and O–H groups in total. The average Bonchev–Trinajstić information content (AvgIpc) is 2.23. The van der Waals surface area contributed by atoms with Gasteiger partial charge in [0.1, 0.15) is 5.78 Å². The first-order valence-corrected chi connectivity index (χ1v) is 5.09. The van der Waals surface area contributed by atoms with E-state index in [-0.39, 0.29) is 0 Å². The van der Waals surface area contributed by atoms with Gasteiger partial charge in [-0.3, -0.25) is 4.79 Å². The van der Waals surface area contributed by atoms with E-state index in [1.165, 1.54) is 12.0 Å². The van der Waals surface area contributed by atoms with Crippen LogP contribution >= 0.6 is 0 Å². The van der Waals surface area contributed by atoms with Gasteiger partial charge in [0.05, 0.1) is 0 Å². The van der Waals surface area contributed by atoms with Crippen LogP contribution in [0.15, 0.2) is 23.8 Å². The highest BCUT2D eigenvalue weighted by molar-refractivity contribution is 5.81. The largest absolute Gasteiger partial charge is 0.299 e. The third kappa shape index (κ3) is 1.60. The Morgan fingerprint density at radius 3 is 3.15 bits per heavy atom. The van der Waals surface area contributed by atoms with E-state index >= 15 is 0 Å². The Labute approximate surface area is 79.5 Å². The van der Waals surface area contributed by atoms with Crippen LogP contribution in [0, 0.1) is 5.41 Å². The van der Waals surface area contributed by atoms with Crippen molar-refractivity contribution in [1.82, 2.24) is 0 Å². The van der Waals surface area contributed by atoms with Crippen molar-refractivity contribution in [2.24, 2.45) is 5.41 Å². The molecule has 0 bridgehead atoms. The lowest BCUT2D eigenvalue weighted by atomic mass is 9.73. The van der Waals surface area contributed by atoms with Gasteiger partial charge in [-0.15, -0.1) is 0 Å². The summed E-state index contributed by atoms with van der Waals surface area (Å²) in [5.41, 5.74) is 1.65. The van der Waals surface area contributed by atoms with E-state index in [2.05, 4.69) is 25.2 Å². The molecule has 13 heavy (non-hydrogen) atoms. The summed E-state index contributed by atoms with van der Waals surface area (Å²) in [7, 11) is 0. The van der Waals surface area contributed by atoms with Crippen molar-refractivity contribution in [3.63, 3.8) is 0 Å². The molecule has 0 radical (unpaired) electrons. The molecule has 1 fully saturated rings. The predicted molar refractivity (Wildman–Crippen MR) is 53.4 cm³/mol. The molecule has 0 aromatic heterocycles. The molecule has 0 spiro atoms. The number of Topliss-reactive ketones (excluding diaryl/α,β-unsaturated/α-hetero) is 1. The fraction of sp³-hybridized carbons (Fsp3) is 0.583. The van der Waals surface area contributed by atoms with E-state index < -0.39 is 0 Å². The second kappa shape index (κ2) is 3.13. The molecule has 2 rings (SSSR count). The van der Waals surface area contributed by atoms with Gasteiger partial charge in [0.15, 0.2) is 0 Å². The van der Waals surface area contributed by atoms with Gasteiger partial charge in [0, 0.05) is 12.8 Å². The highest BCUT2D eigenvalue weighted by Crippen LogP contribution is 2.42. The molecule has 0 aromatic rings. The quantitative estimate of drug-likeness (QED) is 0.554. The minimum Gasteiger partial charge on any atom is -0.299 e. The van der Waals surface area contributed by atoms with E-state index in [1.54, 1.807) is 0 Å². The van der Waals surface area contributed by atoms with Gasteiger partial charge in [-0.05, 0) is 24.7 Å². The fourth-order valence-corrected chi connectivity index (χ4v) is 2.36. The van der Waals surface area contributed by atoms with Crippen LogP contribution in [0.4, 0.5) is 0 Å². The zero-order chi connectivity index (χ0) is 9.31. The van der Waals surface area contributed by atoms with Gasteiger partial charge in [-0.25, -0.2) is 0 Å². The summed E-state index contributed by atoms with van der Waals surface area (Å²) < 4.78 is 0. The molecule has 1 unspecified atom stereocenters. The first-order valence-electron chi connectivity index (χ1n) is 5.09. The van der Waals surface area contributed by atoms with E-state index in [0.717, 1.165) is 19.3 Å². The van der Waals surface area contributed by atoms with Gasteiger partial charge >= 0.3 is 0 Å². The summed E-state index contributed by atoms with van der Waals surface area (Å²) in [6.45, 7) is 2.29. The second-order valence-electron chi connectivity index (χ2n) is 4.45. The number of carbonyl (C=O) groups excluding carboxylic acids is 1. The zero-order valence-electron chi connectivity index (χ0n) is 8.18. The van der Waals surface area contributed by atoms with Crippen LogP contribution in [0.5, 0.6) is 0 Å². The third-order valence-electron chi connectivity index (χ3n) is 3.35. The Balaban J connectivity index is 2.29. The standard InChI is InChI=1S/C12H16O/c1-12-7-3-2-5-10(12)9-11(13)6-4-8-12/h2-3,5H,4,6-9H2,1H3. The minimum atomic E-state index is 0.293. The van der Waals surface area contributed by atoms with E-state index in [1.807, 2.05) is 0 Å². The van der Waals surface area contributed by atoms with Crippen molar-refractivity contribution in [3.8, 4) is 0 Å². The third-order valence-corrected chi connectivity index (χ3v) is 3.35. The van der Waals surface area contributed by atoms with Gasteiger partial charge in [0.2, 0.25) is 0 Å². The maximum Gasteiger partial charge on any atom is 0.136 e.